The molecular weight excluding hydrogens is 138 g/mol. The molecule has 0 spiro atoms. The highest BCUT2D eigenvalue weighted by molar-refractivity contribution is 5.87. The molecule has 0 saturated carbocycles. The van der Waals surface area contributed by atoms with E-state index in [4.69, 9.17) is 0 Å². The largest absolute Gasteiger partial charge is 0.304 e. The maximum atomic E-state index is 11.6. The van der Waals surface area contributed by atoms with E-state index in [0.717, 1.165) is 13.1 Å². The topological polar surface area (TPSA) is 20.3 Å². The summed E-state index contributed by atoms with van der Waals surface area (Å²) in [7, 11) is 2.05. The van der Waals surface area contributed by atoms with Crippen LogP contribution in [0.4, 0.5) is 0 Å². The van der Waals surface area contributed by atoms with Crippen molar-refractivity contribution in [2.45, 2.75) is 20.8 Å². The van der Waals surface area contributed by atoms with E-state index < -0.39 is 0 Å². The molecule has 0 atom stereocenters. The molecule has 2 heteroatoms. The molecule has 2 nitrogen and oxygen atoms in total. The molecule has 0 amide bonds. The second-order valence-electron chi connectivity index (χ2n) is 4.25. The Kier molecular flexibility index (Phi) is 2.06. The van der Waals surface area contributed by atoms with Crippen LogP contribution in [0.1, 0.15) is 20.8 Å². The molecule has 1 fully saturated rings. The van der Waals surface area contributed by atoms with Crippen LogP contribution in [0.25, 0.3) is 0 Å². The maximum Gasteiger partial charge on any atom is 0.143 e. The van der Waals surface area contributed by atoms with Gasteiger partial charge in [-0.1, -0.05) is 20.8 Å². The minimum atomic E-state index is -0.0388. The Morgan fingerprint density at radius 2 is 1.91 bits per heavy atom. The molecule has 1 aliphatic heterocycles. The molecule has 1 rings (SSSR count). The SMILES string of the molecule is CC(C)C(=O)C1(C)CN(C)C1. The third-order valence-corrected chi connectivity index (χ3v) is 2.36. The fourth-order valence-electron chi connectivity index (χ4n) is 2.00. The molecular formula is C9H17NO. The number of hydrogen-bond donors (Lipinski definition) is 0. The number of carbonyl (C=O) groups is 1. The van der Waals surface area contributed by atoms with E-state index in [1.165, 1.54) is 0 Å². The van der Waals surface area contributed by atoms with Crippen LogP contribution in [0, 0.1) is 11.3 Å². The summed E-state index contributed by atoms with van der Waals surface area (Å²) in [4.78, 5) is 13.7. The molecule has 0 N–H and O–H groups in total. The lowest BCUT2D eigenvalue weighted by atomic mass is 9.74. The van der Waals surface area contributed by atoms with Gasteiger partial charge < -0.3 is 4.90 Å². The number of carbonyl (C=O) groups excluding carboxylic acids is 1. The van der Waals surface area contributed by atoms with Crippen LogP contribution in [0.2, 0.25) is 0 Å². The molecule has 0 bridgehead atoms. The van der Waals surface area contributed by atoms with Crippen molar-refractivity contribution in [3.63, 3.8) is 0 Å². The zero-order valence-electron chi connectivity index (χ0n) is 7.85. The van der Waals surface area contributed by atoms with E-state index in [0.29, 0.717) is 5.78 Å². The highest BCUT2D eigenvalue weighted by Gasteiger charge is 2.43. The number of nitrogens with zero attached hydrogens (tertiary/aromatic N) is 1. The van der Waals surface area contributed by atoms with Gasteiger partial charge in [-0.3, -0.25) is 4.79 Å². The van der Waals surface area contributed by atoms with Crippen molar-refractivity contribution in [2.75, 3.05) is 20.1 Å². The van der Waals surface area contributed by atoms with Gasteiger partial charge in [0.05, 0.1) is 5.41 Å². The second-order valence-corrected chi connectivity index (χ2v) is 4.25. The Bertz CT molecular complexity index is 168. The predicted molar refractivity (Wildman–Crippen MR) is 45.4 cm³/mol. The summed E-state index contributed by atoms with van der Waals surface area (Å²) in [5, 5.41) is 0. The van der Waals surface area contributed by atoms with Crippen LogP contribution in [0.3, 0.4) is 0 Å². The number of hydrogen-bond acceptors (Lipinski definition) is 2. The quantitative estimate of drug-likeness (QED) is 0.596. The van der Waals surface area contributed by atoms with E-state index in [-0.39, 0.29) is 11.3 Å². The van der Waals surface area contributed by atoms with E-state index in [9.17, 15) is 4.79 Å². The average molecular weight is 155 g/mol. The van der Waals surface area contributed by atoms with Crippen LogP contribution >= 0.6 is 0 Å². The van der Waals surface area contributed by atoms with Gasteiger partial charge in [-0.05, 0) is 7.05 Å². The van der Waals surface area contributed by atoms with Crippen molar-refractivity contribution < 1.29 is 4.79 Å². The van der Waals surface area contributed by atoms with E-state index >= 15 is 0 Å². The lowest BCUT2D eigenvalue weighted by Crippen LogP contribution is -2.57. The Balaban J connectivity index is 2.54. The zero-order chi connectivity index (χ0) is 8.65. The van der Waals surface area contributed by atoms with Crippen molar-refractivity contribution in [1.29, 1.82) is 0 Å². The third kappa shape index (κ3) is 1.45. The van der Waals surface area contributed by atoms with Gasteiger partial charge >= 0.3 is 0 Å². The standard InChI is InChI=1S/C9H17NO/c1-7(2)8(11)9(3)5-10(4)6-9/h7H,5-6H2,1-4H3. The maximum absolute atomic E-state index is 11.6. The van der Waals surface area contributed by atoms with Gasteiger partial charge in [0.2, 0.25) is 0 Å². The fourth-order valence-corrected chi connectivity index (χ4v) is 2.00. The highest BCUT2D eigenvalue weighted by Crippen LogP contribution is 2.31. The van der Waals surface area contributed by atoms with Gasteiger partial charge in [0.15, 0.2) is 0 Å². The lowest BCUT2D eigenvalue weighted by molar-refractivity contribution is -0.139. The average Bonchev–Trinajstić information content (AvgIpc) is 1.83. The molecule has 0 aliphatic carbocycles. The number of Topliss-reactive ketones (excluding diaryl/α,β-unsaturated/α-hetero) is 1. The molecule has 0 aromatic heterocycles. The highest BCUT2D eigenvalue weighted by atomic mass is 16.1. The first-order chi connectivity index (χ1) is 4.96. The van der Waals surface area contributed by atoms with Gasteiger partial charge in [0.25, 0.3) is 0 Å². The first kappa shape index (κ1) is 8.72. The van der Waals surface area contributed by atoms with E-state index in [1.54, 1.807) is 0 Å². The first-order valence-electron chi connectivity index (χ1n) is 4.18. The van der Waals surface area contributed by atoms with Crippen LogP contribution in [-0.4, -0.2) is 30.8 Å². The Morgan fingerprint density at radius 1 is 1.45 bits per heavy atom. The minimum Gasteiger partial charge on any atom is -0.304 e. The third-order valence-electron chi connectivity index (χ3n) is 2.36. The van der Waals surface area contributed by atoms with Gasteiger partial charge in [-0.15, -0.1) is 0 Å². The predicted octanol–water partition coefficient (Wildman–Crippen LogP) is 1.16. The molecule has 64 valence electrons. The monoisotopic (exact) mass is 155 g/mol. The molecule has 1 saturated heterocycles. The molecule has 0 aromatic carbocycles. The van der Waals surface area contributed by atoms with Crippen LogP contribution in [0.5, 0.6) is 0 Å². The summed E-state index contributed by atoms with van der Waals surface area (Å²) in [6, 6.07) is 0. The van der Waals surface area contributed by atoms with Gasteiger partial charge in [-0.2, -0.15) is 0 Å². The summed E-state index contributed by atoms with van der Waals surface area (Å²) in [6.45, 7) is 7.89. The van der Waals surface area contributed by atoms with Gasteiger partial charge in [0.1, 0.15) is 5.78 Å². The molecule has 1 heterocycles. The molecule has 0 unspecified atom stereocenters. The van der Waals surface area contributed by atoms with Crippen LogP contribution < -0.4 is 0 Å². The van der Waals surface area contributed by atoms with Crippen molar-refractivity contribution in [2.24, 2.45) is 11.3 Å². The normalized spacial score (nSPS) is 23.4. The smallest absolute Gasteiger partial charge is 0.143 e. The fraction of sp³-hybridized carbons (Fsp3) is 0.889. The minimum absolute atomic E-state index is 0.0388. The summed E-state index contributed by atoms with van der Waals surface area (Å²) in [5.41, 5.74) is -0.0388. The van der Waals surface area contributed by atoms with E-state index in [1.807, 2.05) is 13.8 Å². The molecule has 0 aromatic rings. The zero-order valence-corrected chi connectivity index (χ0v) is 7.85. The Morgan fingerprint density at radius 3 is 2.18 bits per heavy atom. The van der Waals surface area contributed by atoms with Gasteiger partial charge in [0, 0.05) is 19.0 Å². The second kappa shape index (κ2) is 2.59. The number of ketones is 1. The number of likely N-dealkylation sites (tertiary alicyclic amines) is 1. The van der Waals surface area contributed by atoms with Crippen LogP contribution in [0.15, 0.2) is 0 Å². The van der Waals surface area contributed by atoms with E-state index in [2.05, 4.69) is 18.9 Å². The molecule has 0 radical (unpaired) electrons. The Labute approximate surface area is 68.6 Å². The lowest BCUT2D eigenvalue weighted by Gasteiger charge is -2.45. The van der Waals surface area contributed by atoms with Crippen molar-refractivity contribution in [1.82, 2.24) is 4.90 Å². The summed E-state index contributed by atoms with van der Waals surface area (Å²) in [6.07, 6.45) is 0. The summed E-state index contributed by atoms with van der Waals surface area (Å²) in [5.74, 6) is 0.601. The molecule has 11 heavy (non-hydrogen) atoms. The van der Waals surface area contributed by atoms with Gasteiger partial charge in [-0.25, -0.2) is 0 Å². The first-order valence-corrected chi connectivity index (χ1v) is 4.18. The Hall–Kier alpha value is -0.370. The summed E-state index contributed by atoms with van der Waals surface area (Å²) >= 11 is 0. The van der Waals surface area contributed by atoms with Crippen molar-refractivity contribution >= 4 is 5.78 Å². The molecule has 1 aliphatic rings. The van der Waals surface area contributed by atoms with Crippen molar-refractivity contribution in [3.8, 4) is 0 Å². The number of rotatable bonds is 2. The summed E-state index contributed by atoms with van der Waals surface area (Å²) < 4.78 is 0. The van der Waals surface area contributed by atoms with Crippen LogP contribution in [-0.2, 0) is 4.79 Å². The van der Waals surface area contributed by atoms with Crippen molar-refractivity contribution in [3.05, 3.63) is 0 Å².